The first kappa shape index (κ1) is 16.8. The number of benzene rings is 1. The number of nitrogens with two attached hydrogens (primary N) is 1. The summed E-state index contributed by atoms with van der Waals surface area (Å²) in [6.45, 7) is 2.73. The van der Waals surface area contributed by atoms with E-state index < -0.39 is 12.0 Å². The summed E-state index contributed by atoms with van der Waals surface area (Å²) in [6.07, 6.45) is 1.45. The molecule has 2 N–H and O–H groups in total. The van der Waals surface area contributed by atoms with Gasteiger partial charge in [-0.05, 0) is 25.0 Å². The molecule has 1 atom stereocenters. The summed E-state index contributed by atoms with van der Waals surface area (Å²) in [5.74, 6) is 0.0620. The number of carbonyl (C=O) groups excluding carboxylic acids is 2. The van der Waals surface area contributed by atoms with Crippen LogP contribution in [0.15, 0.2) is 30.3 Å². The van der Waals surface area contributed by atoms with Gasteiger partial charge < -0.3 is 20.3 Å². The van der Waals surface area contributed by atoms with Gasteiger partial charge in [0.2, 0.25) is 5.91 Å². The molecule has 7 heteroatoms. The van der Waals surface area contributed by atoms with Crippen molar-refractivity contribution in [3.63, 3.8) is 0 Å². The van der Waals surface area contributed by atoms with Crippen LogP contribution in [0.1, 0.15) is 23.2 Å². The second-order valence-electron chi connectivity index (χ2n) is 6.76. The number of hydrogen-bond acceptors (Lipinski definition) is 5. The first-order valence-electron chi connectivity index (χ1n) is 8.98. The lowest BCUT2D eigenvalue weighted by atomic mass is 10.1. The number of morpholine rings is 1. The first-order valence-corrected chi connectivity index (χ1v) is 8.98. The van der Waals surface area contributed by atoms with Crippen molar-refractivity contribution in [3.05, 3.63) is 35.9 Å². The van der Waals surface area contributed by atoms with Gasteiger partial charge in [-0.2, -0.15) is 0 Å². The molecule has 26 heavy (non-hydrogen) atoms. The van der Waals surface area contributed by atoms with Crippen LogP contribution in [0, 0.1) is 0 Å². The Balaban J connectivity index is 1.72. The minimum absolute atomic E-state index is 0.125. The van der Waals surface area contributed by atoms with Gasteiger partial charge in [0.15, 0.2) is 6.10 Å². The lowest BCUT2D eigenvalue weighted by Gasteiger charge is -2.32. The standard InChI is InChI=1S/C19H22N4O3/c20-17(24)16-12-23(9-10-26-16)19(25)14-11-13-5-1-2-6-15(13)21-18(14)22-7-3-4-8-22/h1-2,5-6,11,16H,3-4,7-10,12H2,(H2,20,24)/t16-/m1/s1. The van der Waals surface area contributed by atoms with E-state index in [4.69, 9.17) is 15.5 Å². The number of ether oxygens (including phenoxy) is 1. The molecule has 1 aromatic carbocycles. The Morgan fingerprint density at radius 3 is 2.69 bits per heavy atom. The third-order valence-corrected chi connectivity index (χ3v) is 5.01. The molecule has 4 rings (SSSR count). The zero-order chi connectivity index (χ0) is 18.1. The summed E-state index contributed by atoms with van der Waals surface area (Å²) in [5, 5.41) is 0.929. The predicted molar refractivity (Wildman–Crippen MR) is 98.0 cm³/mol. The van der Waals surface area contributed by atoms with Crippen LogP contribution in [-0.4, -0.2) is 60.6 Å². The van der Waals surface area contributed by atoms with Gasteiger partial charge in [0.05, 0.1) is 24.2 Å². The van der Waals surface area contributed by atoms with Crippen molar-refractivity contribution in [3.8, 4) is 0 Å². The van der Waals surface area contributed by atoms with Gasteiger partial charge in [-0.15, -0.1) is 0 Å². The lowest BCUT2D eigenvalue weighted by Crippen LogP contribution is -2.50. The highest BCUT2D eigenvalue weighted by molar-refractivity contribution is 6.02. The lowest BCUT2D eigenvalue weighted by molar-refractivity contribution is -0.133. The number of para-hydroxylation sites is 1. The van der Waals surface area contributed by atoms with E-state index in [1.54, 1.807) is 4.90 Å². The molecule has 2 aliphatic heterocycles. The summed E-state index contributed by atoms with van der Waals surface area (Å²) < 4.78 is 5.36. The summed E-state index contributed by atoms with van der Waals surface area (Å²) in [7, 11) is 0. The summed E-state index contributed by atoms with van der Waals surface area (Å²) in [6, 6.07) is 9.71. The minimum Gasteiger partial charge on any atom is -0.367 e. The third-order valence-electron chi connectivity index (χ3n) is 5.01. The molecule has 0 radical (unpaired) electrons. The Morgan fingerprint density at radius 1 is 1.15 bits per heavy atom. The quantitative estimate of drug-likeness (QED) is 0.894. The molecule has 1 aromatic heterocycles. The van der Waals surface area contributed by atoms with Crippen molar-refractivity contribution in [2.75, 3.05) is 37.7 Å². The van der Waals surface area contributed by atoms with Crippen LogP contribution in [-0.2, 0) is 9.53 Å². The number of anilines is 1. The minimum atomic E-state index is -0.753. The number of pyridine rings is 1. The molecule has 0 saturated carbocycles. The van der Waals surface area contributed by atoms with E-state index in [-0.39, 0.29) is 12.5 Å². The number of carbonyl (C=O) groups is 2. The molecule has 2 amide bonds. The molecular weight excluding hydrogens is 332 g/mol. The zero-order valence-corrected chi connectivity index (χ0v) is 14.6. The smallest absolute Gasteiger partial charge is 0.257 e. The molecule has 0 bridgehead atoms. The van der Waals surface area contributed by atoms with E-state index in [2.05, 4.69) is 4.90 Å². The van der Waals surface area contributed by atoms with Crippen molar-refractivity contribution < 1.29 is 14.3 Å². The highest BCUT2D eigenvalue weighted by Crippen LogP contribution is 2.28. The summed E-state index contributed by atoms with van der Waals surface area (Å²) >= 11 is 0. The van der Waals surface area contributed by atoms with Gasteiger partial charge in [0, 0.05) is 25.0 Å². The van der Waals surface area contributed by atoms with Crippen molar-refractivity contribution >= 4 is 28.5 Å². The van der Waals surface area contributed by atoms with Gasteiger partial charge in [0.1, 0.15) is 5.82 Å². The highest BCUT2D eigenvalue weighted by Gasteiger charge is 2.31. The van der Waals surface area contributed by atoms with E-state index in [9.17, 15) is 9.59 Å². The number of aromatic nitrogens is 1. The monoisotopic (exact) mass is 354 g/mol. The fraction of sp³-hybridized carbons (Fsp3) is 0.421. The van der Waals surface area contributed by atoms with E-state index in [1.165, 1.54) is 0 Å². The molecular formula is C19H22N4O3. The molecule has 2 aromatic rings. The second-order valence-corrected chi connectivity index (χ2v) is 6.76. The van der Waals surface area contributed by atoms with Crippen LogP contribution < -0.4 is 10.6 Å². The van der Waals surface area contributed by atoms with Gasteiger partial charge in [-0.3, -0.25) is 9.59 Å². The van der Waals surface area contributed by atoms with Crippen LogP contribution in [0.5, 0.6) is 0 Å². The maximum absolute atomic E-state index is 13.2. The maximum Gasteiger partial charge on any atom is 0.257 e. The van der Waals surface area contributed by atoms with E-state index in [1.807, 2.05) is 30.3 Å². The molecule has 3 heterocycles. The third kappa shape index (κ3) is 3.10. The Morgan fingerprint density at radius 2 is 1.92 bits per heavy atom. The van der Waals surface area contributed by atoms with Crippen molar-refractivity contribution in [2.24, 2.45) is 5.73 Å². The number of amides is 2. The molecule has 0 spiro atoms. The largest absolute Gasteiger partial charge is 0.367 e. The maximum atomic E-state index is 13.2. The second kappa shape index (κ2) is 6.92. The van der Waals surface area contributed by atoms with Gasteiger partial charge >= 0.3 is 0 Å². The molecule has 7 nitrogen and oxygen atoms in total. The Hall–Kier alpha value is -2.67. The normalized spacial score (nSPS) is 20.5. The number of rotatable bonds is 3. The fourth-order valence-corrected chi connectivity index (χ4v) is 3.61. The molecule has 0 unspecified atom stereocenters. The molecule has 136 valence electrons. The van der Waals surface area contributed by atoms with Crippen molar-refractivity contribution in [1.82, 2.24) is 9.88 Å². The summed E-state index contributed by atoms with van der Waals surface area (Å²) in [5.41, 5.74) is 6.81. The van der Waals surface area contributed by atoms with E-state index in [0.29, 0.717) is 18.7 Å². The zero-order valence-electron chi connectivity index (χ0n) is 14.6. The fourth-order valence-electron chi connectivity index (χ4n) is 3.61. The van der Waals surface area contributed by atoms with Crippen molar-refractivity contribution in [2.45, 2.75) is 18.9 Å². The van der Waals surface area contributed by atoms with Gasteiger partial charge in [-0.1, -0.05) is 18.2 Å². The average Bonchev–Trinajstić information content (AvgIpc) is 3.21. The number of primary amides is 1. The van der Waals surface area contributed by atoms with Crippen LogP contribution >= 0.6 is 0 Å². The first-order chi connectivity index (χ1) is 12.6. The van der Waals surface area contributed by atoms with Crippen LogP contribution in [0.4, 0.5) is 5.82 Å². The van der Waals surface area contributed by atoms with Gasteiger partial charge in [-0.25, -0.2) is 4.98 Å². The number of fused-ring (bicyclic) bond motifs is 1. The number of hydrogen-bond donors (Lipinski definition) is 1. The SMILES string of the molecule is NC(=O)[C@H]1CN(C(=O)c2cc3ccccc3nc2N2CCCC2)CCO1. The Labute approximate surface area is 151 Å². The predicted octanol–water partition coefficient (Wildman–Crippen LogP) is 1.16. The van der Waals surface area contributed by atoms with E-state index >= 15 is 0 Å². The van der Waals surface area contributed by atoms with Crippen LogP contribution in [0.3, 0.4) is 0 Å². The highest BCUT2D eigenvalue weighted by atomic mass is 16.5. The van der Waals surface area contributed by atoms with Crippen LogP contribution in [0.2, 0.25) is 0 Å². The Bertz CT molecular complexity index is 848. The molecule has 2 fully saturated rings. The summed E-state index contributed by atoms with van der Waals surface area (Å²) in [4.78, 5) is 33.3. The molecule has 0 aliphatic carbocycles. The molecule has 2 saturated heterocycles. The average molecular weight is 354 g/mol. The van der Waals surface area contributed by atoms with Crippen molar-refractivity contribution in [1.29, 1.82) is 0 Å². The Kier molecular flexibility index (Phi) is 4.46. The topological polar surface area (TPSA) is 88.8 Å². The number of nitrogens with zero attached hydrogens (tertiary/aromatic N) is 3. The molecule has 2 aliphatic rings. The van der Waals surface area contributed by atoms with E-state index in [0.717, 1.165) is 42.7 Å². The van der Waals surface area contributed by atoms with Gasteiger partial charge in [0.25, 0.3) is 5.91 Å². The van der Waals surface area contributed by atoms with Crippen LogP contribution in [0.25, 0.3) is 10.9 Å².